The summed E-state index contributed by atoms with van der Waals surface area (Å²) in [6.45, 7) is 11.5. The van der Waals surface area contributed by atoms with E-state index in [9.17, 15) is 4.79 Å². The fraction of sp³-hybridized carbons (Fsp3) is 0.467. The summed E-state index contributed by atoms with van der Waals surface area (Å²) in [5.74, 6) is 0.839. The summed E-state index contributed by atoms with van der Waals surface area (Å²) in [5, 5.41) is 4.81. The summed E-state index contributed by atoms with van der Waals surface area (Å²) in [6, 6.07) is 18.5. The lowest BCUT2D eigenvalue weighted by atomic mass is 9.79. The van der Waals surface area contributed by atoms with Crippen LogP contribution in [0.5, 0.6) is 5.75 Å². The Morgan fingerprint density at radius 2 is 1.84 bits per heavy atom. The average Bonchev–Trinajstić information content (AvgIpc) is 3.29. The zero-order valence-corrected chi connectivity index (χ0v) is 22.4. The SMILES string of the molecule is COc1ccc(-c2cc(NCCCN3CCC4(C3)CN(C(=O)OC(C)(C)C)C4)c3ccccc3n2)cc1. The lowest BCUT2D eigenvalue weighted by Crippen LogP contribution is -2.60. The minimum atomic E-state index is -0.440. The summed E-state index contributed by atoms with van der Waals surface area (Å²) >= 11 is 0. The number of aromatic nitrogens is 1. The number of pyridine rings is 1. The van der Waals surface area contributed by atoms with Gasteiger partial charge >= 0.3 is 6.09 Å². The largest absolute Gasteiger partial charge is 0.497 e. The number of methoxy groups -OCH3 is 1. The van der Waals surface area contributed by atoms with Gasteiger partial charge < -0.3 is 24.6 Å². The molecule has 2 aliphatic rings. The Kier molecular flexibility index (Phi) is 6.99. The molecule has 0 radical (unpaired) electrons. The number of rotatable bonds is 7. The van der Waals surface area contributed by atoms with Gasteiger partial charge in [0.15, 0.2) is 0 Å². The van der Waals surface area contributed by atoms with Gasteiger partial charge in [0.25, 0.3) is 0 Å². The number of ether oxygens (including phenoxy) is 2. The molecule has 0 saturated carbocycles. The van der Waals surface area contributed by atoms with Gasteiger partial charge in [0.1, 0.15) is 11.4 Å². The zero-order chi connectivity index (χ0) is 26.0. The number of benzene rings is 2. The average molecular weight is 503 g/mol. The van der Waals surface area contributed by atoms with Crippen LogP contribution in [0.25, 0.3) is 22.2 Å². The van der Waals surface area contributed by atoms with E-state index in [4.69, 9.17) is 14.5 Å². The molecule has 2 aliphatic heterocycles. The Morgan fingerprint density at radius 1 is 1.08 bits per heavy atom. The third kappa shape index (κ3) is 5.82. The van der Waals surface area contributed by atoms with Gasteiger partial charge in [-0.1, -0.05) is 18.2 Å². The number of amides is 1. The van der Waals surface area contributed by atoms with E-state index in [-0.39, 0.29) is 11.5 Å². The molecule has 7 heteroatoms. The van der Waals surface area contributed by atoms with Crippen LogP contribution in [0.15, 0.2) is 54.6 Å². The van der Waals surface area contributed by atoms with E-state index in [1.807, 2.05) is 56.0 Å². The van der Waals surface area contributed by atoms with E-state index >= 15 is 0 Å². The Balaban J connectivity index is 1.15. The second-order valence-corrected chi connectivity index (χ2v) is 11.4. The lowest BCUT2D eigenvalue weighted by molar-refractivity contribution is -0.0304. The summed E-state index contributed by atoms with van der Waals surface area (Å²) < 4.78 is 10.8. The number of carbonyl (C=O) groups excluding carboxylic acids is 1. The molecule has 5 rings (SSSR count). The first-order valence-corrected chi connectivity index (χ1v) is 13.2. The number of nitrogens with one attached hydrogen (secondary N) is 1. The summed E-state index contributed by atoms with van der Waals surface area (Å²) in [4.78, 5) is 21.6. The number of para-hydroxylation sites is 1. The minimum Gasteiger partial charge on any atom is -0.497 e. The number of hydrogen-bond donors (Lipinski definition) is 1. The molecule has 2 fully saturated rings. The highest BCUT2D eigenvalue weighted by Crippen LogP contribution is 2.40. The van der Waals surface area contributed by atoms with Crippen LogP contribution >= 0.6 is 0 Å². The van der Waals surface area contributed by atoms with E-state index in [0.29, 0.717) is 0 Å². The quantitative estimate of drug-likeness (QED) is 0.421. The van der Waals surface area contributed by atoms with Crippen molar-refractivity contribution in [2.24, 2.45) is 5.41 Å². The topological polar surface area (TPSA) is 66.9 Å². The second-order valence-electron chi connectivity index (χ2n) is 11.4. The number of hydrogen-bond acceptors (Lipinski definition) is 6. The number of nitrogens with zero attached hydrogens (tertiary/aromatic N) is 3. The first-order chi connectivity index (χ1) is 17.7. The number of likely N-dealkylation sites (tertiary alicyclic amines) is 2. The van der Waals surface area contributed by atoms with Crippen molar-refractivity contribution in [3.63, 3.8) is 0 Å². The summed E-state index contributed by atoms with van der Waals surface area (Å²) in [7, 11) is 1.68. The first-order valence-electron chi connectivity index (χ1n) is 13.2. The highest BCUT2D eigenvalue weighted by Gasteiger charge is 2.49. The maximum absolute atomic E-state index is 12.3. The van der Waals surface area contributed by atoms with Crippen molar-refractivity contribution in [3.8, 4) is 17.0 Å². The molecule has 2 aromatic carbocycles. The van der Waals surface area contributed by atoms with Crippen LogP contribution in [0.1, 0.15) is 33.6 Å². The van der Waals surface area contributed by atoms with Gasteiger partial charge in [-0.05, 0) is 83.1 Å². The minimum absolute atomic E-state index is 0.181. The van der Waals surface area contributed by atoms with Crippen LogP contribution < -0.4 is 10.1 Å². The molecule has 1 amide bonds. The maximum atomic E-state index is 12.3. The van der Waals surface area contributed by atoms with Crippen LogP contribution in [0.2, 0.25) is 0 Å². The Hall–Kier alpha value is -3.32. The van der Waals surface area contributed by atoms with Gasteiger partial charge in [0.2, 0.25) is 0 Å². The van der Waals surface area contributed by atoms with E-state index in [0.717, 1.165) is 85.7 Å². The molecule has 196 valence electrons. The third-order valence-corrected chi connectivity index (χ3v) is 7.29. The highest BCUT2D eigenvalue weighted by molar-refractivity contribution is 5.93. The van der Waals surface area contributed by atoms with Gasteiger partial charge in [-0.2, -0.15) is 0 Å². The molecule has 0 aliphatic carbocycles. The van der Waals surface area contributed by atoms with Crippen LogP contribution in [0, 0.1) is 5.41 Å². The molecule has 3 aromatic rings. The Labute approximate surface area is 219 Å². The van der Waals surface area contributed by atoms with Crippen molar-refractivity contribution in [3.05, 3.63) is 54.6 Å². The van der Waals surface area contributed by atoms with Crippen molar-refractivity contribution >= 4 is 22.7 Å². The molecule has 0 bridgehead atoms. The van der Waals surface area contributed by atoms with Crippen molar-refractivity contribution in [2.75, 3.05) is 51.7 Å². The highest BCUT2D eigenvalue weighted by atomic mass is 16.6. The molecule has 37 heavy (non-hydrogen) atoms. The van der Waals surface area contributed by atoms with Gasteiger partial charge in [0, 0.05) is 48.2 Å². The molecule has 3 heterocycles. The smallest absolute Gasteiger partial charge is 0.410 e. The van der Waals surface area contributed by atoms with E-state index in [2.05, 4.69) is 34.5 Å². The van der Waals surface area contributed by atoms with Crippen molar-refractivity contribution in [2.45, 2.75) is 39.2 Å². The predicted octanol–water partition coefficient (Wildman–Crippen LogP) is 5.66. The third-order valence-electron chi connectivity index (χ3n) is 7.29. The normalized spacial score (nSPS) is 17.1. The molecule has 2 saturated heterocycles. The molecule has 0 unspecified atom stereocenters. The lowest BCUT2D eigenvalue weighted by Gasteiger charge is -2.48. The van der Waals surface area contributed by atoms with Crippen LogP contribution in [0.3, 0.4) is 0 Å². The fourth-order valence-corrected chi connectivity index (χ4v) is 5.45. The fourth-order valence-electron chi connectivity index (χ4n) is 5.45. The van der Waals surface area contributed by atoms with Gasteiger partial charge in [-0.3, -0.25) is 0 Å². The standard InChI is InChI=1S/C30H38N4O3/c1-29(2,3)37-28(35)34-20-30(21-34)14-17-33(19-30)16-7-15-31-27-18-26(22-10-12-23(36-4)13-11-22)32-25-9-6-5-8-24(25)27/h5-6,8-13,18H,7,14-17,19-21H2,1-4H3,(H,31,32). The number of carbonyl (C=O) groups is 1. The number of anilines is 1. The predicted molar refractivity (Wildman–Crippen MR) is 148 cm³/mol. The first kappa shape index (κ1) is 25.3. The summed E-state index contributed by atoms with van der Waals surface area (Å²) in [5.41, 5.74) is 3.92. The van der Waals surface area contributed by atoms with Gasteiger partial charge in [-0.15, -0.1) is 0 Å². The monoisotopic (exact) mass is 502 g/mol. The zero-order valence-electron chi connectivity index (χ0n) is 22.4. The second kappa shape index (κ2) is 10.2. The van der Waals surface area contributed by atoms with Crippen LogP contribution in [-0.4, -0.2) is 72.9 Å². The summed E-state index contributed by atoms with van der Waals surface area (Å²) in [6.07, 6.45) is 2.03. The van der Waals surface area contributed by atoms with Gasteiger partial charge in [-0.25, -0.2) is 9.78 Å². The maximum Gasteiger partial charge on any atom is 0.410 e. The molecular formula is C30H38N4O3. The van der Waals surface area contributed by atoms with E-state index in [1.165, 1.54) is 0 Å². The van der Waals surface area contributed by atoms with Gasteiger partial charge in [0.05, 0.1) is 18.3 Å². The number of fused-ring (bicyclic) bond motifs is 1. The van der Waals surface area contributed by atoms with Crippen LogP contribution in [-0.2, 0) is 4.74 Å². The molecule has 1 aromatic heterocycles. The molecule has 1 N–H and O–H groups in total. The van der Waals surface area contributed by atoms with Crippen molar-refractivity contribution < 1.29 is 14.3 Å². The van der Waals surface area contributed by atoms with Crippen molar-refractivity contribution in [1.29, 1.82) is 0 Å². The van der Waals surface area contributed by atoms with E-state index in [1.54, 1.807) is 7.11 Å². The van der Waals surface area contributed by atoms with Crippen molar-refractivity contribution in [1.82, 2.24) is 14.8 Å². The Morgan fingerprint density at radius 3 is 2.57 bits per heavy atom. The molecule has 7 nitrogen and oxygen atoms in total. The Bertz CT molecular complexity index is 1250. The molecule has 1 spiro atoms. The molecular weight excluding hydrogens is 464 g/mol. The molecule has 0 atom stereocenters. The van der Waals surface area contributed by atoms with E-state index < -0.39 is 5.60 Å². The van der Waals surface area contributed by atoms with Crippen LogP contribution in [0.4, 0.5) is 10.5 Å².